The zero-order valence-electron chi connectivity index (χ0n) is 6.47. The first kappa shape index (κ1) is 8.15. The molecule has 0 aromatic heterocycles. The molecule has 0 aromatic rings. The summed E-state index contributed by atoms with van der Waals surface area (Å²) in [6.45, 7) is 2.84. The van der Waals surface area contributed by atoms with E-state index >= 15 is 0 Å². The van der Waals surface area contributed by atoms with E-state index in [1.54, 1.807) is 0 Å². The van der Waals surface area contributed by atoms with Crippen LogP contribution in [0.1, 0.15) is 13.3 Å². The molecule has 0 radical (unpaired) electrons. The molecule has 0 saturated carbocycles. The highest BCUT2D eigenvalue weighted by Crippen LogP contribution is 2.24. The van der Waals surface area contributed by atoms with E-state index in [1.165, 1.54) is 23.5 Å². The van der Waals surface area contributed by atoms with E-state index in [4.69, 9.17) is 5.73 Å². The van der Waals surface area contributed by atoms with Crippen molar-refractivity contribution in [3.8, 4) is 0 Å². The third kappa shape index (κ3) is 2.35. The molecule has 0 amide bonds. The van der Waals surface area contributed by atoms with Crippen LogP contribution in [-0.4, -0.2) is 18.1 Å². The second-order valence-electron chi connectivity index (χ2n) is 2.84. The molecule has 2 heteroatoms. The van der Waals surface area contributed by atoms with E-state index in [0.29, 0.717) is 0 Å². The number of allylic oxidation sites excluding steroid dienone is 1. The van der Waals surface area contributed by atoms with Crippen LogP contribution in [0.4, 0.5) is 0 Å². The fourth-order valence-electron chi connectivity index (χ4n) is 1.15. The van der Waals surface area contributed by atoms with Crippen LogP contribution in [0.25, 0.3) is 0 Å². The summed E-state index contributed by atoms with van der Waals surface area (Å²) in [5.74, 6) is 3.45. The Balaban J connectivity index is 2.34. The standard InChI is InChI=1S/C8H15NS/c1-7(5-9)4-8-2-3-10-6-8/h4,8H,2-3,5-6,9H2,1H3/b7-4+. The zero-order chi connectivity index (χ0) is 7.40. The zero-order valence-corrected chi connectivity index (χ0v) is 7.29. The Hall–Kier alpha value is 0.0500. The first-order valence-electron chi connectivity index (χ1n) is 3.78. The molecule has 1 saturated heterocycles. The van der Waals surface area contributed by atoms with Gasteiger partial charge in [-0.3, -0.25) is 0 Å². The van der Waals surface area contributed by atoms with Crippen molar-refractivity contribution >= 4 is 11.8 Å². The third-order valence-corrected chi connectivity index (χ3v) is 3.00. The fourth-order valence-corrected chi connectivity index (χ4v) is 2.36. The van der Waals surface area contributed by atoms with Crippen LogP contribution >= 0.6 is 11.8 Å². The summed E-state index contributed by atoms with van der Waals surface area (Å²) in [6, 6.07) is 0. The highest BCUT2D eigenvalue weighted by molar-refractivity contribution is 7.99. The molecule has 0 bridgehead atoms. The minimum atomic E-state index is 0.723. The van der Waals surface area contributed by atoms with Gasteiger partial charge >= 0.3 is 0 Å². The van der Waals surface area contributed by atoms with Gasteiger partial charge in [-0.1, -0.05) is 11.6 Å². The molecule has 1 aliphatic rings. The average molecular weight is 157 g/mol. The molecule has 1 nitrogen and oxygen atoms in total. The van der Waals surface area contributed by atoms with E-state index < -0.39 is 0 Å². The van der Waals surface area contributed by atoms with Gasteiger partial charge in [0.15, 0.2) is 0 Å². The summed E-state index contributed by atoms with van der Waals surface area (Å²) in [7, 11) is 0. The van der Waals surface area contributed by atoms with Gasteiger partial charge in [-0.25, -0.2) is 0 Å². The molecule has 1 heterocycles. The SMILES string of the molecule is C/C(=C\C1CCSC1)CN. The molecule has 1 fully saturated rings. The molecule has 0 aromatic carbocycles. The molecule has 1 rings (SSSR count). The maximum atomic E-state index is 5.48. The van der Waals surface area contributed by atoms with E-state index in [0.717, 1.165) is 12.5 Å². The van der Waals surface area contributed by atoms with Gasteiger partial charge in [0.05, 0.1) is 0 Å². The average Bonchev–Trinajstić information content (AvgIpc) is 2.40. The van der Waals surface area contributed by atoms with Crippen LogP contribution in [0, 0.1) is 5.92 Å². The first-order chi connectivity index (χ1) is 4.83. The number of hydrogen-bond acceptors (Lipinski definition) is 2. The topological polar surface area (TPSA) is 26.0 Å². The molecule has 0 spiro atoms. The Labute approximate surface area is 67.1 Å². The maximum absolute atomic E-state index is 5.48. The number of hydrogen-bond donors (Lipinski definition) is 1. The number of rotatable bonds is 2. The van der Waals surface area contributed by atoms with Gasteiger partial charge < -0.3 is 5.73 Å². The molecule has 10 heavy (non-hydrogen) atoms. The van der Waals surface area contributed by atoms with Crippen molar-refractivity contribution in [3.05, 3.63) is 11.6 Å². The normalized spacial score (nSPS) is 27.4. The van der Waals surface area contributed by atoms with Gasteiger partial charge in [0.25, 0.3) is 0 Å². The van der Waals surface area contributed by atoms with Gasteiger partial charge in [0.2, 0.25) is 0 Å². The lowest BCUT2D eigenvalue weighted by Crippen LogP contribution is -2.02. The summed E-state index contributed by atoms with van der Waals surface area (Å²) in [4.78, 5) is 0. The van der Waals surface area contributed by atoms with Crippen molar-refractivity contribution < 1.29 is 0 Å². The van der Waals surface area contributed by atoms with Crippen LogP contribution < -0.4 is 5.73 Å². The van der Waals surface area contributed by atoms with Gasteiger partial charge in [-0.15, -0.1) is 0 Å². The lowest BCUT2D eigenvalue weighted by Gasteiger charge is -2.01. The second-order valence-corrected chi connectivity index (χ2v) is 3.99. The van der Waals surface area contributed by atoms with E-state index in [9.17, 15) is 0 Å². The summed E-state index contributed by atoms with van der Waals surface area (Å²) in [6.07, 6.45) is 3.68. The van der Waals surface area contributed by atoms with Gasteiger partial charge in [0, 0.05) is 6.54 Å². The minimum Gasteiger partial charge on any atom is -0.327 e. The molecule has 1 aliphatic heterocycles. The van der Waals surface area contributed by atoms with Gasteiger partial charge in [-0.05, 0) is 30.8 Å². The van der Waals surface area contributed by atoms with Gasteiger partial charge in [-0.2, -0.15) is 11.8 Å². The minimum absolute atomic E-state index is 0.723. The second kappa shape index (κ2) is 4.04. The number of thioether (sulfide) groups is 1. The monoisotopic (exact) mass is 157 g/mol. The highest BCUT2D eigenvalue weighted by atomic mass is 32.2. The molecule has 1 atom stereocenters. The Morgan fingerprint density at radius 1 is 1.80 bits per heavy atom. The molecule has 0 aliphatic carbocycles. The van der Waals surface area contributed by atoms with Crippen molar-refractivity contribution in [2.75, 3.05) is 18.1 Å². The summed E-state index contributed by atoms with van der Waals surface area (Å²) < 4.78 is 0. The molecule has 1 unspecified atom stereocenters. The van der Waals surface area contributed by atoms with Crippen molar-refractivity contribution in [2.45, 2.75) is 13.3 Å². The third-order valence-electron chi connectivity index (χ3n) is 1.81. The predicted octanol–water partition coefficient (Wildman–Crippen LogP) is 1.64. The van der Waals surface area contributed by atoms with Crippen LogP contribution in [-0.2, 0) is 0 Å². The summed E-state index contributed by atoms with van der Waals surface area (Å²) in [5.41, 5.74) is 6.82. The van der Waals surface area contributed by atoms with Crippen LogP contribution in [0.5, 0.6) is 0 Å². The molecule has 58 valence electrons. The Morgan fingerprint density at radius 3 is 3.10 bits per heavy atom. The lowest BCUT2D eigenvalue weighted by molar-refractivity contribution is 0.738. The van der Waals surface area contributed by atoms with E-state index in [1.807, 2.05) is 11.8 Å². The Bertz CT molecular complexity index is 125. The highest BCUT2D eigenvalue weighted by Gasteiger charge is 2.11. The van der Waals surface area contributed by atoms with Gasteiger partial charge in [0.1, 0.15) is 0 Å². The van der Waals surface area contributed by atoms with Crippen LogP contribution in [0.15, 0.2) is 11.6 Å². The molecule has 2 N–H and O–H groups in total. The predicted molar refractivity (Wildman–Crippen MR) is 48.2 cm³/mol. The lowest BCUT2D eigenvalue weighted by atomic mass is 10.1. The van der Waals surface area contributed by atoms with Crippen LogP contribution in [0.2, 0.25) is 0 Å². The van der Waals surface area contributed by atoms with Crippen molar-refractivity contribution in [1.29, 1.82) is 0 Å². The Morgan fingerprint density at radius 2 is 2.60 bits per heavy atom. The van der Waals surface area contributed by atoms with Crippen molar-refractivity contribution in [3.63, 3.8) is 0 Å². The van der Waals surface area contributed by atoms with E-state index in [-0.39, 0.29) is 0 Å². The maximum Gasteiger partial charge on any atom is 0.0134 e. The van der Waals surface area contributed by atoms with Crippen LogP contribution in [0.3, 0.4) is 0 Å². The quantitative estimate of drug-likeness (QED) is 0.617. The smallest absolute Gasteiger partial charge is 0.0134 e. The number of nitrogens with two attached hydrogens (primary N) is 1. The fraction of sp³-hybridized carbons (Fsp3) is 0.750. The summed E-state index contributed by atoms with van der Waals surface area (Å²) in [5, 5.41) is 0. The summed E-state index contributed by atoms with van der Waals surface area (Å²) >= 11 is 2.05. The van der Waals surface area contributed by atoms with Crippen molar-refractivity contribution in [1.82, 2.24) is 0 Å². The molecular weight excluding hydrogens is 142 g/mol. The Kier molecular flexibility index (Phi) is 3.29. The largest absolute Gasteiger partial charge is 0.327 e. The first-order valence-corrected chi connectivity index (χ1v) is 4.93. The molecular formula is C8H15NS. The van der Waals surface area contributed by atoms with Crippen molar-refractivity contribution in [2.24, 2.45) is 11.7 Å². The van der Waals surface area contributed by atoms with E-state index in [2.05, 4.69) is 13.0 Å².